The van der Waals surface area contributed by atoms with Crippen LogP contribution in [0.15, 0.2) is 18.2 Å². The van der Waals surface area contributed by atoms with Gasteiger partial charge >= 0.3 is 0 Å². The summed E-state index contributed by atoms with van der Waals surface area (Å²) >= 11 is 0. The minimum atomic E-state index is -0.827. The highest BCUT2D eigenvalue weighted by molar-refractivity contribution is 5.95. The molecular formula is C12H12FN3O3. The topological polar surface area (TPSA) is 87.2 Å². The van der Waals surface area contributed by atoms with Gasteiger partial charge in [-0.05, 0) is 13.0 Å². The maximum atomic E-state index is 13.6. The Kier molecular flexibility index (Phi) is 4.53. The summed E-state index contributed by atoms with van der Waals surface area (Å²) in [5, 5.41) is 19.2. The third-order valence-corrected chi connectivity index (χ3v) is 2.76. The highest BCUT2D eigenvalue weighted by Gasteiger charge is 2.22. The van der Waals surface area contributed by atoms with Gasteiger partial charge in [0.2, 0.25) is 0 Å². The molecule has 100 valence electrons. The van der Waals surface area contributed by atoms with Crippen LogP contribution in [-0.2, 0) is 0 Å². The number of nitro benzene ring substituents is 1. The first-order valence-electron chi connectivity index (χ1n) is 5.46. The quantitative estimate of drug-likeness (QED) is 0.616. The first kappa shape index (κ1) is 14.6. The summed E-state index contributed by atoms with van der Waals surface area (Å²) in [5.74, 6) is -1.52. The van der Waals surface area contributed by atoms with Crippen LogP contribution in [0.1, 0.15) is 23.7 Å². The zero-order valence-corrected chi connectivity index (χ0v) is 10.5. The third-order valence-electron chi connectivity index (χ3n) is 2.76. The number of nitrogens with zero attached hydrogens (tertiary/aromatic N) is 3. The Morgan fingerprint density at radius 1 is 1.63 bits per heavy atom. The number of hydrogen-bond donors (Lipinski definition) is 0. The van der Waals surface area contributed by atoms with Crippen LogP contribution in [0.25, 0.3) is 0 Å². The number of rotatable bonds is 4. The van der Waals surface area contributed by atoms with Gasteiger partial charge in [-0.25, -0.2) is 4.39 Å². The van der Waals surface area contributed by atoms with Gasteiger partial charge in [-0.2, -0.15) is 5.26 Å². The smallest absolute Gasteiger partial charge is 0.270 e. The van der Waals surface area contributed by atoms with E-state index in [0.29, 0.717) is 0 Å². The van der Waals surface area contributed by atoms with Crippen LogP contribution < -0.4 is 0 Å². The molecule has 0 heterocycles. The maximum Gasteiger partial charge on any atom is 0.270 e. The molecule has 0 bridgehead atoms. The largest absolute Gasteiger partial charge is 0.338 e. The molecule has 1 unspecified atom stereocenters. The summed E-state index contributed by atoms with van der Waals surface area (Å²) in [6.07, 6.45) is 0.0960. The van der Waals surface area contributed by atoms with Crippen molar-refractivity contribution in [1.29, 1.82) is 5.26 Å². The Balaban J connectivity index is 3.09. The van der Waals surface area contributed by atoms with E-state index in [9.17, 15) is 19.3 Å². The molecule has 0 N–H and O–H groups in total. The first-order valence-corrected chi connectivity index (χ1v) is 5.46. The van der Waals surface area contributed by atoms with E-state index in [2.05, 4.69) is 0 Å². The number of carbonyl (C=O) groups is 1. The van der Waals surface area contributed by atoms with E-state index in [-0.39, 0.29) is 17.7 Å². The predicted octanol–water partition coefficient (Wildman–Crippen LogP) is 2.11. The van der Waals surface area contributed by atoms with Gasteiger partial charge in [0.1, 0.15) is 5.82 Å². The van der Waals surface area contributed by atoms with Gasteiger partial charge < -0.3 is 4.90 Å². The highest BCUT2D eigenvalue weighted by atomic mass is 19.1. The summed E-state index contributed by atoms with van der Waals surface area (Å²) in [5.41, 5.74) is -0.729. The standard InChI is InChI=1S/C12H12FN3O3/c1-8(5-6-14)15(2)12(17)10-7-9(16(18)19)3-4-11(10)13/h3-4,7-8H,5H2,1-2H3. The lowest BCUT2D eigenvalue weighted by Gasteiger charge is -2.23. The van der Waals surface area contributed by atoms with Crippen LogP contribution in [-0.4, -0.2) is 28.8 Å². The van der Waals surface area contributed by atoms with Gasteiger partial charge in [-0.3, -0.25) is 14.9 Å². The number of amides is 1. The van der Waals surface area contributed by atoms with Gasteiger partial charge in [-0.15, -0.1) is 0 Å². The van der Waals surface area contributed by atoms with Crippen LogP contribution in [0.5, 0.6) is 0 Å². The molecule has 1 rings (SSSR count). The molecule has 0 spiro atoms. The molecule has 0 aromatic heterocycles. The fraction of sp³-hybridized carbons (Fsp3) is 0.333. The van der Waals surface area contributed by atoms with Crippen molar-refractivity contribution in [3.05, 3.63) is 39.7 Å². The van der Waals surface area contributed by atoms with Crippen LogP contribution in [0.4, 0.5) is 10.1 Å². The number of nitriles is 1. The Bertz CT molecular complexity index is 554. The van der Waals surface area contributed by atoms with E-state index < -0.39 is 22.7 Å². The number of halogens is 1. The fourth-order valence-corrected chi connectivity index (χ4v) is 1.45. The minimum Gasteiger partial charge on any atom is -0.338 e. The number of non-ortho nitro benzene ring substituents is 1. The molecule has 0 fully saturated rings. The molecule has 1 atom stereocenters. The Hall–Kier alpha value is -2.49. The fourth-order valence-electron chi connectivity index (χ4n) is 1.45. The van der Waals surface area contributed by atoms with E-state index in [1.165, 1.54) is 11.9 Å². The molecule has 0 aliphatic heterocycles. The van der Waals surface area contributed by atoms with Crippen LogP contribution in [0.3, 0.4) is 0 Å². The van der Waals surface area contributed by atoms with E-state index in [4.69, 9.17) is 5.26 Å². The van der Waals surface area contributed by atoms with Crippen LogP contribution in [0.2, 0.25) is 0 Å². The molecule has 0 radical (unpaired) electrons. The van der Waals surface area contributed by atoms with Crippen LogP contribution in [0, 0.1) is 27.3 Å². The predicted molar refractivity (Wildman–Crippen MR) is 64.8 cm³/mol. The SMILES string of the molecule is CC(CC#N)N(C)C(=O)c1cc([N+](=O)[O-])ccc1F. The maximum absolute atomic E-state index is 13.6. The minimum absolute atomic E-state index is 0.0960. The molecule has 0 aliphatic rings. The Morgan fingerprint density at radius 2 is 2.26 bits per heavy atom. The highest BCUT2D eigenvalue weighted by Crippen LogP contribution is 2.19. The summed E-state index contributed by atoms with van der Waals surface area (Å²) in [6.45, 7) is 1.64. The number of hydrogen-bond acceptors (Lipinski definition) is 4. The van der Waals surface area contributed by atoms with E-state index in [1.54, 1.807) is 6.92 Å². The second-order valence-electron chi connectivity index (χ2n) is 4.05. The lowest BCUT2D eigenvalue weighted by Crippen LogP contribution is -2.35. The van der Waals surface area contributed by atoms with E-state index in [0.717, 1.165) is 18.2 Å². The second kappa shape index (κ2) is 5.91. The zero-order valence-electron chi connectivity index (χ0n) is 10.5. The monoisotopic (exact) mass is 265 g/mol. The summed E-state index contributed by atoms with van der Waals surface area (Å²) in [6, 6.07) is 4.27. The van der Waals surface area contributed by atoms with Crippen molar-refractivity contribution in [3.8, 4) is 6.07 Å². The van der Waals surface area contributed by atoms with E-state index >= 15 is 0 Å². The summed E-state index contributed by atoms with van der Waals surface area (Å²) in [4.78, 5) is 23.1. The van der Waals surface area contributed by atoms with Crippen LogP contribution >= 0.6 is 0 Å². The molecule has 1 aromatic carbocycles. The lowest BCUT2D eigenvalue weighted by atomic mass is 10.1. The molecule has 7 heteroatoms. The molecule has 1 amide bonds. The van der Waals surface area contributed by atoms with Gasteiger partial charge in [0, 0.05) is 25.2 Å². The Labute approximate surface area is 109 Å². The molecule has 19 heavy (non-hydrogen) atoms. The number of nitro groups is 1. The lowest BCUT2D eigenvalue weighted by molar-refractivity contribution is -0.384. The van der Waals surface area contributed by atoms with Crippen molar-refractivity contribution in [3.63, 3.8) is 0 Å². The van der Waals surface area contributed by atoms with Crippen molar-refractivity contribution < 1.29 is 14.1 Å². The molecule has 1 aromatic rings. The number of carbonyl (C=O) groups excluding carboxylic acids is 1. The van der Waals surface area contributed by atoms with Gasteiger partial charge in [0.15, 0.2) is 0 Å². The molecular weight excluding hydrogens is 253 g/mol. The molecule has 6 nitrogen and oxygen atoms in total. The normalized spacial score (nSPS) is 11.5. The number of benzene rings is 1. The average Bonchev–Trinajstić information content (AvgIpc) is 2.37. The van der Waals surface area contributed by atoms with Gasteiger partial charge in [0.25, 0.3) is 11.6 Å². The van der Waals surface area contributed by atoms with Crippen molar-refractivity contribution in [1.82, 2.24) is 4.90 Å². The second-order valence-corrected chi connectivity index (χ2v) is 4.05. The van der Waals surface area contributed by atoms with Crippen molar-refractivity contribution in [2.45, 2.75) is 19.4 Å². The van der Waals surface area contributed by atoms with Gasteiger partial charge in [-0.1, -0.05) is 0 Å². The zero-order chi connectivity index (χ0) is 14.6. The summed E-state index contributed by atoms with van der Waals surface area (Å²) in [7, 11) is 1.42. The first-order chi connectivity index (χ1) is 8.88. The molecule has 0 saturated heterocycles. The van der Waals surface area contributed by atoms with Gasteiger partial charge in [0.05, 0.1) is 23.0 Å². The van der Waals surface area contributed by atoms with Crippen molar-refractivity contribution in [2.24, 2.45) is 0 Å². The average molecular weight is 265 g/mol. The Morgan fingerprint density at radius 3 is 2.79 bits per heavy atom. The molecule has 0 saturated carbocycles. The summed E-state index contributed by atoms with van der Waals surface area (Å²) < 4.78 is 13.6. The third kappa shape index (κ3) is 3.25. The molecule has 0 aliphatic carbocycles. The van der Waals surface area contributed by atoms with Crippen molar-refractivity contribution >= 4 is 11.6 Å². The van der Waals surface area contributed by atoms with Crippen molar-refractivity contribution in [2.75, 3.05) is 7.05 Å². The van der Waals surface area contributed by atoms with E-state index in [1.807, 2.05) is 6.07 Å².